The second-order valence-electron chi connectivity index (χ2n) is 6.78. The summed E-state index contributed by atoms with van der Waals surface area (Å²) in [6.07, 6.45) is 1.16. The maximum absolute atomic E-state index is 12.1. The van der Waals surface area contributed by atoms with Gasteiger partial charge in [-0.05, 0) is 23.6 Å². The van der Waals surface area contributed by atoms with Gasteiger partial charge in [0.15, 0.2) is 0 Å². The van der Waals surface area contributed by atoms with Gasteiger partial charge in [0.05, 0.1) is 17.5 Å². The lowest BCUT2D eigenvalue weighted by Crippen LogP contribution is -2.28. The molecular weight excluding hydrogens is 310 g/mol. The van der Waals surface area contributed by atoms with Crippen molar-refractivity contribution in [3.05, 3.63) is 66.0 Å². The van der Waals surface area contributed by atoms with Gasteiger partial charge in [-0.25, -0.2) is 4.98 Å². The number of hydrogen-bond acceptors (Lipinski definition) is 2. The Bertz CT molecular complexity index is 837. The molecule has 3 rings (SSSR count). The number of carbonyl (C=O) groups excluding carboxylic acids is 1. The second kappa shape index (κ2) is 7.97. The first-order valence-electron chi connectivity index (χ1n) is 8.88. The van der Waals surface area contributed by atoms with E-state index >= 15 is 0 Å². The Morgan fingerprint density at radius 3 is 2.56 bits per heavy atom. The van der Waals surface area contributed by atoms with Crippen molar-refractivity contribution in [2.24, 2.45) is 5.92 Å². The van der Waals surface area contributed by atoms with E-state index in [0.717, 1.165) is 29.9 Å². The fraction of sp³-hybridized carbons (Fsp3) is 0.333. The molecule has 0 aliphatic carbocycles. The maximum Gasteiger partial charge on any atom is 0.224 e. The summed E-state index contributed by atoms with van der Waals surface area (Å²) < 4.78 is 2.28. The number of carbonyl (C=O) groups is 1. The van der Waals surface area contributed by atoms with Crippen LogP contribution in [-0.2, 0) is 24.2 Å². The molecule has 4 nitrogen and oxygen atoms in total. The zero-order valence-corrected chi connectivity index (χ0v) is 14.9. The molecule has 1 N–H and O–H groups in total. The molecule has 3 aromatic rings. The number of rotatable bonds is 7. The molecule has 0 unspecified atom stereocenters. The molecule has 0 radical (unpaired) electrons. The molecule has 0 saturated carbocycles. The Morgan fingerprint density at radius 1 is 1.08 bits per heavy atom. The lowest BCUT2D eigenvalue weighted by Gasteiger charge is -2.12. The molecular formula is C21H25N3O. The largest absolute Gasteiger partial charge is 0.355 e. The number of amides is 1. The van der Waals surface area contributed by atoms with Crippen molar-refractivity contribution in [2.45, 2.75) is 33.2 Å². The van der Waals surface area contributed by atoms with Crippen LogP contribution in [0.4, 0.5) is 0 Å². The van der Waals surface area contributed by atoms with Crippen LogP contribution < -0.4 is 5.32 Å². The summed E-state index contributed by atoms with van der Waals surface area (Å²) in [5.74, 6) is 1.64. The summed E-state index contributed by atoms with van der Waals surface area (Å²) in [7, 11) is 0. The molecule has 0 spiro atoms. The van der Waals surface area contributed by atoms with Crippen molar-refractivity contribution in [1.82, 2.24) is 14.9 Å². The lowest BCUT2D eigenvalue weighted by atomic mass is 10.1. The quantitative estimate of drug-likeness (QED) is 0.717. The van der Waals surface area contributed by atoms with Crippen molar-refractivity contribution in [2.75, 3.05) is 6.54 Å². The van der Waals surface area contributed by atoms with E-state index in [1.54, 1.807) is 0 Å². The van der Waals surface area contributed by atoms with E-state index in [1.165, 1.54) is 5.52 Å². The Labute approximate surface area is 148 Å². The van der Waals surface area contributed by atoms with Crippen LogP contribution in [0.15, 0.2) is 54.6 Å². The molecule has 1 amide bonds. The topological polar surface area (TPSA) is 46.9 Å². The molecule has 25 heavy (non-hydrogen) atoms. The zero-order chi connectivity index (χ0) is 17.6. The van der Waals surface area contributed by atoms with Crippen molar-refractivity contribution < 1.29 is 4.79 Å². The minimum atomic E-state index is 0.0534. The first-order chi connectivity index (χ1) is 12.1. The fourth-order valence-corrected chi connectivity index (χ4v) is 3.04. The number of para-hydroxylation sites is 2. The van der Waals surface area contributed by atoms with E-state index < -0.39 is 0 Å². The highest BCUT2D eigenvalue weighted by atomic mass is 16.1. The van der Waals surface area contributed by atoms with Gasteiger partial charge >= 0.3 is 0 Å². The predicted molar refractivity (Wildman–Crippen MR) is 101 cm³/mol. The van der Waals surface area contributed by atoms with Gasteiger partial charge in [0, 0.05) is 19.5 Å². The van der Waals surface area contributed by atoms with Crippen molar-refractivity contribution in [1.29, 1.82) is 0 Å². The number of nitrogens with zero attached hydrogens (tertiary/aromatic N) is 2. The third-order valence-electron chi connectivity index (χ3n) is 4.16. The van der Waals surface area contributed by atoms with E-state index in [1.807, 2.05) is 48.5 Å². The molecule has 130 valence electrons. The molecule has 0 aliphatic heterocycles. The van der Waals surface area contributed by atoms with Crippen LogP contribution >= 0.6 is 0 Å². The Morgan fingerprint density at radius 2 is 1.80 bits per heavy atom. The average molecular weight is 335 g/mol. The van der Waals surface area contributed by atoms with Gasteiger partial charge in [0.2, 0.25) is 5.91 Å². The van der Waals surface area contributed by atoms with E-state index in [2.05, 4.69) is 29.8 Å². The first-order valence-corrected chi connectivity index (χ1v) is 8.88. The number of benzene rings is 2. The Balaban J connectivity index is 1.63. The number of hydrogen-bond donors (Lipinski definition) is 1. The zero-order valence-electron chi connectivity index (χ0n) is 14.9. The minimum Gasteiger partial charge on any atom is -0.355 e. The molecule has 0 aliphatic rings. The van der Waals surface area contributed by atoms with Crippen LogP contribution in [0.1, 0.15) is 25.2 Å². The van der Waals surface area contributed by atoms with Gasteiger partial charge in [0.1, 0.15) is 5.82 Å². The third-order valence-corrected chi connectivity index (χ3v) is 4.16. The maximum atomic E-state index is 12.1. The van der Waals surface area contributed by atoms with Crippen LogP contribution in [-0.4, -0.2) is 22.0 Å². The smallest absolute Gasteiger partial charge is 0.224 e. The molecule has 4 heteroatoms. The van der Waals surface area contributed by atoms with Crippen LogP contribution in [0.3, 0.4) is 0 Å². The fourth-order valence-electron chi connectivity index (χ4n) is 3.04. The molecule has 0 fully saturated rings. The second-order valence-corrected chi connectivity index (χ2v) is 6.78. The average Bonchev–Trinajstić information content (AvgIpc) is 2.93. The van der Waals surface area contributed by atoms with Gasteiger partial charge in [-0.15, -0.1) is 0 Å². The molecule has 1 heterocycles. The van der Waals surface area contributed by atoms with E-state index in [-0.39, 0.29) is 5.91 Å². The summed E-state index contributed by atoms with van der Waals surface area (Å²) >= 11 is 0. The summed E-state index contributed by atoms with van der Waals surface area (Å²) in [5.41, 5.74) is 3.22. The summed E-state index contributed by atoms with van der Waals surface area (Å²) in [4.78, 5) is 16.9. The molecule has 2 aromatic carbocycles. The molecule has 0 saturated heterocycles. The van der Waals surface area contributed by atoms with Crippen molar-refractivity contribution >= 4 is 16.9 Å². The van der Waals surface area contributed by atoms with Crippen molar-refractivity contribution in [3.8, 4) is 0 Å². The number of nitrogens with one attached hydrogen (secondary N) is 1. The van der Waals surface area contributed by atoms with Gasteiger partial charge in [-0.2, -0.15) is 0 Å². The van der Waals surface area contributed by atoms with Crippen LogP contribution in [0.25, 0.3) is 11.0 Å². The number of imidazole rings is 1. The Kier molecular flexibility index (Phi) is 5.49. The molecule has 0 atom stereocenters. The van der Waals surface area contributed by atoms with E-state index in [0.29, 0.717) is 18.9 Å². The van der Waals surface area contributed by atoms with Crippen LogP contribution in [0.2, 0.25) is 0 Å². The number of fused-ring (bicyclic) bond motifs is 1. The van der Waals surface area contributed by atoms with E-state index in [4.69, 9.17) is 4.98 Å². The highest BCUT2D eigenvalue weighted by Crippen LogP contribution is 2.18. The van der Waals surface area contributed by atoms with Crippen LogP contribution in [0, 0.1) is 5.92 Å². The number of aromatic nitrogens is 2. The monoisotopic (exact) mass is 335 g/mol. The standard InChI is InChI=1S/C21H25N3O/c1-16(2)15-24-19-11-7-6-10-18(19)23-20(24)12-13-22-21(25)14-17-8-4-3-5-9-17/h3-11,16H,12-15H2,1-2H3,(H,22,25). The summed E-state index contributed by atoms with van der Waals surface area (Å²) in [6, 6.07) is 18.0. The highest BCUT2D eigenvalue weighted by Gasteiger charge is 2.12. The van der Waals surface area contributed by atoms with E-state index in [9.17, 15) is 4.79 Å². The normalized spacial score (nSPS) is 11.2. The lowest BCUT2D eigenvalue weighted by molar-refractivity contribution is -0.120. The summed E-state index contributed by atoms with van der Waals surface area (Å²) in [6.45, 7) is 5.96. The predicted octanol–water partition coefficient (Wildman–Crippen LogP) is 3.59. The highest BCUT2D eigenvalue weighted by molar-refractivity contribution is 5.78. The van der Waals surface area contributed by atoms with Gasteiger partial charge < -0.3 is 9.88 Å². The third kappa shape index (κ3) is 4.47. The first kappa shape index (κ1) is 17.2. The summed E-state index contributed by atoms with van der Waals surface area (Å²) in [5, 5.41) is 3.01. The minimum absolute atomic E-state index is 0.0534. The van der Waals surface area contributed by atoms with Crippen LogP contribution in [0.5, 0.6) is 0 Å². The molecule has 0 bridgehead atoms. The molecule has 1 aromatic heterocycles. The van der Waals surface area contributed by atoms with Gasteiger partial charge in [-0.1, -0.05) is 56.3 Å². The van der Waals surface area contributed by atoms with Gasteiger partial charge in [0.25, 0.3) is 0 Å². The van der Waals surface area contributed by atoms with Gasteiger partial charge in [-0.3, -0.25) is 4.79 Å². The Hall–Kier alpha value is -2.62. The van der Waals surface area contributed by atoms with Crippen molar-refractivity contribution in [3.63, 3.8) is 0 Å². The SMILES string of the molecule is CC(C)Cn1c(CCNC(=O)Cc2ccccc2)nc2ccccc21.